The highest BCUT2D eigenvalue weighted by Gasteiger charge is 2.12. The van der Waals surface area contributed by atoms with Gasteiger partial charge in [0.15, 0.2) is 0 Å². The van der Waals surface area contributed by atoms with E-state index in [1.54, 1.807) is 24.3 Å². The van der Waals surface area contributed by atoms with Crippen LogP contribution in [-0.2, 0) is 4.74 Å². The Kier molecular flexibility index (Phi) is 4.00. The number of halogens is 1. The number of carboxylic acid groups (broad SMARTS) is 1. The standard InChI is InChI=1S/C14H10ClNO4/c1-20-14(19)10-6-8(2-4-11(10)15)9-3-5-12(13(17)18)16-7-9/h2-7H,1H3,(H,17,18). The molecule has 5 nitrogen and oxygen atoms in total. The zero-order chi connectivity index (χ0) is 14.7. The van der Waals surface area contributed by atoms with Gasteiger partial charge >= 0.3 is 11.9 Å². The second kappa shape index (κ2) is 5.71. The minimum atomic E-state index is -1.09. The van der Waals surface area contributed by atoms with Crippen LogP contribution in [-0.4, -0.2) is 29.1 Å². The lowest BCUT2D eigenvalue weighted by Crippen LogP contribution is -2.02. The molecule has 1 heterocycles. The summed E-state index contributed by atoms with van der Waals surface area (Å²) in [4.78, 5) is 26.1. The van der Waals surface area contributed by atoms with Crippen LogP contribution < -0.4 is 0 Å². The van der Waals surface area contributed by atoms with Gasteiger partial charge in [-0.1, -0.05) is 23.7 Å². The Morgan fingerprint density at radius 2 is 1.90 bits per heavy atom. The van der Waals surface area contributed by atoms with Crippen LogP contribution in [0.2, 0.25) is 5.02 Å². The van der Waals surface area contributed by atoms with Gasteiger partial charge in [0.25, 0.3) is 0 Å². The van der Waals surface area contributed by atoms with E-state index < -0.39 is 11.9 Å². The predicted molar refractivity (Wildman–Crippen MR) is 73.0 cm³/mol. The number of rotatable bonds is 3. The third-order valence-corrected chi connectivity index (χ3v) is 3.02. The fourth-order valence-electron chi connectivity index (χ4n) is 1.66. The number of benzene rings is 1. The monoisotopic (exact) mass is 291 g/mol. The number of carboxylic acids is 1. The van der Waals surface area contributed by atoms with Gasteiger partial charge in [0.05, 0.1) is 17.7 Å². The molecule has 0 bridgehead atoms. The van der Waals surface area contributed by atoms with E-state index in [9.17, 15) is 9.59 Å². The van der Waals surface area contributed by atoms with Crippen LogP contribution in [0.25, 0.3) is 11.1 Å². The summed E-state index contributed by atoms with van der Waals surface area (Å²) in [6.45, 7) is 0. The van der Waals surface area contributed by atoms with Crippen molar-refractivity contribution in [1.82, 2.24) is 4.98 Å². The molecule has 0 aliphatic heterocycles. The lowest BCUT2D eigenvalue weighted by molar-refractivity contribution is 0.0600. The molecule has 0 fully saturated rings. The first-order valence-electron chi connectivity index (χ1n) is 5.60. The van der Waals surface area contributed by atoms with Crippen LogP contribution in [0.3, 0.4) is 0 Å². The van der Waals surface area contributed by atoms with Crippen molar-refractivity contribution in [3.8, 4) is 11.1 Å². The summed E-state index contributed by atoms with van der Waals surface area (Å²) >= 11 is 5.93. The summed E-state index contributed by atoms with van der Waals surface area (Å²) in [5.74, 6) is -1.63. The first kappa shape index (κ1) is 14.0. The summed E-state index contributed by atoms with van der Waals surface area (Å²) in [6.07, 6.45) is 1.42. The first-order valence-corrected chi connectivity index (χ1v) is 5.98. The quantitative estimate of drug-likeness (QED) is 0.880. The van der Waals surface area contributed by atoms with Gasteiger partial charge in [-0.15, -0.1) is 0 Å². The lowest BCUT2D eigenvalue weighted by atomic mass is 10.0. The lowest BCUT2D eigenvalue weighted by Gasteiger charge is -2.06. The largest absolute Gasteiger partial charge is 0.477 e. The van der Waals surface area contributed by atoms with Crippen LogP contribution in [0.4, 0.5) is 0 Å². The number of hydrogen-bond acceptors (Lipinski definition) is 4. The highest BCUT2D eigenvalue weighted by atomic mass is 35.5. The van der Waals surface area contributed by atoms with E-state index in [0.717, 1.165) is 0 Å². The van der Waals surface area contributed by atoms with Crippen LogP contribution in [0.15, 0.2) is 36.5 Å². The van der Waals surface area contributed by atoms with E-state index in [-0.39, 0.29) is 16.3 Å². The maximum Gasteiger partial charge on any atom is 0.354 e. The molecule has 0 saturated heterocycles. The van der Waals surface area contributed by atoms with E-state index in [0.29, 0.717) is 11.1 Å². The number of hydrogen-bond donors (Lipinski definition) is 1. The second-order valence-electron chi connectivity index (χ2n) is 3.92. The number of aromatic nitrogens is 1. The molecule has 102 valence electrons. The fourth-order valence-corrected chi connectivity index (χ4v) is 1.86. The van der Waals surface area contributed by atoms with Gasteiger partial charge in [0, 0.05) is 11.8 Å². The molecule has 1 aromatic carbocycles. The van der Waals surface area contributed by atoms with Crippen LogP contribution in [0.1, 0.15) is 20.8 Å². The Morgan fingerprint density at radius 3 is 2.45 bits per heavy atom. The average molecular weight is 292 g/mol. The third-order valence-electron chi connectivity index (χ3n) is 2.69. The number of carbonyl (C=O) groups is 2. The number of ether oxygens (including phenoxy) is 1. The molecule has 6 heteroatoms. The minimum absolute atomic E-state index is 0.0455. The highest BCUT2D eigenvalue weighted by molar-refractivity contribution is 6.33. The number of esters is 1. The molecule has 0 amide bonds. The second-order valence-corrected chi connectivity index (χ2v) is 4.33. The number of nitrogens with zero attached hydrogens (tertiary/aromatic N) is 1. The molecule has 2 rings (SSSR count). The Bertz CT molecular complexity index is 667. The van der Waals surface area contributed by atoms with Gasteiger partial charge in [-0.05, 0) is 23.8 Å². The van der Waals surface area contributed by atoms with Crippen LogP contribution in [0, 0.1) is 0 Å². The number of pyridine rings is 1. The van der Waals surface area contributed by atoms with Crippen molar-refractivity contribution in [2.75, 3.05) is 7.11 Å². The zero-order valence-corrected chi connectivity index (χ0v) is 11.2. The highest BCUT2D eigenvalue weighted by Crippen LogP contribution is 2.25. The van der Waals surface area contributed by atoms with Gasteiger partial charge < -0.3 is 9.84 Å². The van der Waals surface area contributed by atoms with E-state index in [1.165, 1.54) is 19.4 Å². The van der Waals surface area contributed by atoms with E-state index in [4.69, 9.17) is 16.7 Å². The molecule has 0 atom stereocenters. The molecule has 0 radical (unpaired) electrons. The summed E-state index contributed by atoms with van der Waals surface area (Å²) in [7, 11) is 1.27. The summed E-state index contributed by atoms with van der Waals surface area (Å²) < 4.78 is 4.64. The van der Waals surface area contributed by atoms with Crippen molar-refractivity contribution in [2.45, 2.75) is 0 Å². The van der Waals surface area contributed by atoms with Crippen molar-refractivity contribution in [1.29, 1.82) is 0 Å². The van der Waals surface area contributed by atoms with Crippen molar-refractivity contribution >= 4 is 23.5 Å². The third kappa shape index (κ3) is 2.78. The van der Waals surface area contributed by atoms with Crippen molar-refractivity contribution in [3.05, 3.63) is 52.8 Å². The fraction of sp³-hybridized carbons (Fsp3) is 0.0714. The maximum absolute atomic E-state index is 11.6. The van der Waals surface area contributed by atoms with Crippen LogP contribution >= 0.6 is 11.6 Å². The Hall–Kier alpha value is -2.40. The molecule has 0 unspecified atom stereocenters. The zero-order valence-electron chi connectivity index (χ0n) is 10.5. The molecular formula is C14H10ClNO4. The van der Waals surface area contributed by atoms with Crippen molar-refractivity contribution < 1.29 is 19.4 Å². The summed E-state index contributed by atoms with van der Waals surface area (Å²) in [5.41, 5.74) is 1.57. The molecule has 0 aliphatic carbocycles. The van der Waals surface area contributed by atoms with Crippen molar-refractivity contribution in [3.63, 3.8) is 0 Å². The molecule has 2 aromatic rings. The van der Waals surface area contributed by atoms with Gasteiger partial charge in [-0.3, -0.25) is 0 Å². The van der Waals surface area contributed by atoms with Crippen LogP contribution in [0.5, 0.6) is 0 Å². The number of aromatic carboxylic acids is 1. The molecule has 0 aliphatic rings. The average Bonchev–Trinajstić information content (AvgIpc) is 2.47. The molecule has 0 spiro atoms. The molecule has 20 heavy (non-hydrogen) atoms. The maximum atomic E-state index is 11.6. The van der Waals surface area contributed by atoms with E-state index >= 15 is 0 Å². The molecule has 1 N–H and O–H groups in total. The Morgan fingerprint density at radius 1 is 1.20 bits per heavy atom. The van der Waals surface area contributed by atoms with E-state index in [1.807, 2.05) is 0 Å². The first-order chi connectivity index (χ1) is 9.52. The molecule has 0 saturated carbocycles. The van der Waals surface area contributed by atoms with Gasteiger partial charge in [-0.25, -0.2) is 14.6 Å². The van der Waals surface area contributed by atoms with Crippen molar-refractivity contribution in [2.24, 2.45) is 0 Å². The Balaban J connectivity index is 2.42. The normalized spacial score (nSPS) is 10.1. The topological polar surface area (TPSA) is 76.5 Å². The van der Waals surface area contributed by atoms with E-state index in [2.05, 4.69) is 9.72 Å². The number of carbonyl (C=O) groups excluding carboxylic acids is 1. The van der Waals surface area contributed by atoms with Gasteiger partial charge in [-0.2, -0.15) is 0 Å². The van der Waals surface area contributed by atoms with Gasteiger partial charge in [0.1, 0.15) is 5.69 Å². The SMILES string of the molecule is COC(=O)c1cc(-c2ccc(C(=O)O)nc2)ccc1Cl. The molecule has 1 aromatic heterocycles. The molecular weight excluding hydrogens is 282 g/mol. The predicted octanol–water partition coefficient (Wildman–Crippen LogP) is 2.89. The number of methoxy groups -OCH3 is 1. The summed E-state index contributed by atoms with van der Waals surface area (Å²) in [5, 5.41) is 9.08. The minimum Gasteiger partial charge on any atom is -0.477 e. The smallest absolute Gasteiger partial charge is 0.354 e. The van der Waals surface area contributed by atoms with Gasteiger partial charge in [0.2, 0.25) is 0 Å². The Labute approximate surface area is 119 Å². The summed E-state index contributed by atoms with van der Waals surface area (Å²) in [6, 6.07) is 7.87.